The lowest BCUT2D eigenvalue weighted by Gasteiger charge is -2.25. The van der Waals surface area contributed by atoms with Gasteiger partial charge < -0.3 is 23.5 Å². The van der Waals surface area contributed by atoms with Gasteiger partial charge in [0.15, 0.2) is 5.78 Å². The molecule has 0 aliphatic heterocycles. The van der Waals surface area contributed by atoms with Gasteiger partial charge in [-0.05, 0) is 91.7 Å². The summed E-state index contributed by atoms with van der Waals surface area (Å²) in [6.07, 6.45) is 0.0649. The van der Waals surface area contributed by atoms with E-state index in [1.54, 1.807) is 47.1 Å². The molecule has 5 aromatic carbocycles. The fourth-order valence-electron chi connectivity index (χ4n) is 7.07. The van der Waals surface area contributed by atoms with Crippen molar-refractivity contribution in [2.75, 3.05) is 20.8 Å². The smallest absolute Gasteiger partial charge is 0.361 e. The standard InChI is InChI=1S/C49H46NO8/c1-6-49(3,48(53)56-28-27-50-42-13-9-7-11-40(42)41-12-8-10-14-43(41)50)46(51)29-32(2)47(52)57-39-25-15-33(16-26-39)36-30-44(34-17-21-37(54-4)22-18-34)58-45(31-36)35-19-23-38(55-5)24-20-35/h7-26,30-32H,6,27-29H2,1-5H3/q+1. The van der Waals surface area contributed by atoms with Crippen molar-refractivity contribution in [3.05, 3.63) is 133 Å². The van der Waals surface area contributed by atoms with Crippen LogP contribution >= 0.6 is 0 Å². The minimum atomic E-state index is -1.41. The van der Waals surface area contributed by atoms with Crippen molar-refractivity contribution < 1.29 is 37.7 Å². The Morgan fingerprint density at radius 2 is 1.14 bits per heavy atom. The van der Waals surface area contributed by atoms with Gasteiger partial charge in [-0.3, -0.25) is 14.4 Å². The lowest BCUT2D eigenvalue weighted by molar-refractivity contribution is -0.161. The summed E-state index contributed by atoms with van der Waals surface area (Å²) in [6.45, 7) is 5.53. The van der Waals surface area contributed by atoms with E-state index in [4.69, 9.17) is 23.4 Å². The molecule has 2 heterocycles. The van der Waals surface area contributed by atoms with Crippen LogP contribution in [0.3, 0.4) is 0 Å². The predicted octanol–water partition coefficient (Wildman–Crippen LogP) is 10.8. The molecule has 2 unspecified atom stereocenters. The number of fused-ring (bicyclic) bond motifs is 3. The second-order valence-electron chi connectivity index (χ2n) is 14.5. The van der Waals surface area contributed by atoms with Crippen LogP contribution in [0.2, 0.25) is 0 Å². The van der Waals surface area contributed by atoms with Crippen LogP contribution in [-0.4, -0.2) is 43.1 Å². The van der Waals surface area contributed by atoms with Crippen LogP contribution in [-0.2, 0) is 25.7 Å². The maximum absolute atomic E-state index is 13.6. The Hall–Kier alpha value is -6.74. The Morgan fingerprint density at radius 1 is 0.655 bits per heavy atom. The third kappa shape index (κ3) is 8.20. The number of carbonyl (C=O) groups is 3. The first-order valence-electron chi connectivity index (χ1n) is 19.4. The van der Waals surface area contributed by atoms with Gasteiger partial charge in [-0.2, -0.15) is 0 Å². The summed E-state index contributed by atoms with van der Waals surface area (Å²) in [6, 6.07) is 42.6. The number of esters is 2. The summed E-state index contributed by atoms with van der Waals surface area (Å²) in [5.74, 6) is 0.799. The van der Waals surface area contributed by atoms with E-state index in [1.165, 1.54) is 0 Å². The van der Waals surface area contributed by atoms with Crippen LogP contribution in [0.1, 0.15) is 33.6 Å². The van der Waals surface area contributed by atoms with Crippen LogP contribution in [0.15, 0.2) is 138 Å². The molecule has 2 atom stereocenters. The number of Topliss-reactive ketones (excluding diaryl/α,β-unsaturated/α-hetero) is 1. The first-order valence-corrected chi connectivity index (χ1v) is 19.4. The number of hydrogen-bond donors (Lipinski definition) is 0. The van der Waals surface area contributed by atoms with Gasteiger partial charge >= 0.3 is 23.5 Å². The SMILES string of the molecule is CCC(C)(C(=O)CC(C)C(=O)Oc1ccc(-c2cc(-c3ccc(OC)cc3)[o+]c(-c3ccc(OC)cc3)c2)cc1)C(=O)OCCn1c2ccccc2c2ccccc21. The van der Waals surface area contributed by atoms with Crippen molar-refractivity contribution in [1.29, 1.82) is 0 Å². The minimum Gasteiger partial charge on any atom is -0.497 e. The van der Waals surface area contributed by atoms with Crippen LogP contribution in [0.5, 0.6) is 17.2 Å². The largest absolute Gasteiger partial charge is 0.497 e. The Kier molecular flexibility index (Phi) is 11.7. The molecule has 7 rings (SSSR count). The number of rotatable bonds is 15. The zero-order valence-corrected chi connectivity index (χ0v) is 33.3. The number of benzene rings is 5. The summed E-state index contributed by atoms with van der Waals surface area (Å²) >= 11 is 0. The lowest BCUT2D eigenvalue weighted by Crippen LogP contribution is -2.39. The number of carbonyl (C=O) groups excluding carboxylic acids is 3. The van der Waals surface area contributed by atoms with Crippen molar-refractivity contribution in [1.82, 2.24) is 4.57 Å². The number of methoxy groups -OCH3 is 2. The molecule has 0 aliphatic carbocycles. The van der Waals surface area contributed by atoms with Crippen LogP contribution in [0.4, 0.5) is 0 Å². The fourth-order valence-corrected chi connectivity index (χ4v) is 7.07. The van der Waals surface area contributed by atoms with Gasteiger partial charge in [0.05, 0.1) is 49.9 Å². The topological polar surface area (TPSA) is 104 Å². The number of ether oxygens (including phenoxy) is 4. The number of ketones is 1. The van der Waals surface area contributed by atoms with Crippen LogP contribution in [0, 0.1) is 11.3 Å². The number of aromatic nitrogens is 1. The summed E-state index contributed by atoms with van der Waals surface area (Å²) in [7, 11) is 3.25. The molecule has 0 fully saturated rings. The Bertz CT molecular complexity index is 2460. The lowest BCUT2D eigenvalue weighted by atomic mass is 9.79. The maximum atomic E-state index is 13.6. The summed E-state index contributed by atoms with van der Waals surface area (Å²) in [4.78, 5) is 40.4. The zero-order chi connectivity index (χ0) is 40.8. The molecular formula is C49H46NO8+. The van der Waals surface area contributed by atoms with Gasteiger partial charge in [0, 0.05) is 33.8 Å². The molecule has 0 radical (unpaired) electrons. The zero-order valence-electron chi connectivity index (χ0n) is 33.3. The molecule has 0 amide bonds. The molecule has 0 saturated heterocycles. The highest BCUT2D eigenvalue weighted by atomic mass is 16.5. The number of nitrogens with zero attached hydrogens (tertiary/aromatic N) is 1. The highest BCUT2D eigenvalue weighted by Gasteiger charge is 2.42. The Labute approximate surface area is 337 Å². The van der Waals surface area contributed by atoms with Gasteiger partial charge in [-0.1, -0.05) is 62.4 Å². The van der Waals surface area contributed by atoms with E-state index in [-0.39, 0.29) is 25.2 Å². The van der Waals surface area contributed by atoms with Gasteiger partial charge in [0.25, 0.3) is 0 Å². The molecule has 0 spiro atoms. The number of hydrogen-bond acceptors (Lipinski definition) is 7. The molecule has 58 heavy (non-hydrogen) atoms. The molecular weight excluding hydrogens is 731 g/mol. The quantitative estimate of drug-likeness (QED) is 0.0439. The van der Waals surface area contributed by atoms with Gasteiger partial charge in [0.1, 0.15) is 29.3 Å². The van der Waals surface area contributed by atoms with E-state index >= 15 is 0 Å². The molecule has 0 saturated carbocycles. The third-order valence-electron chi connectivity index (χ3n) is 10.8. The molecule has 7 aromatic rings. The summed E-state index contributed by atoms with van der Waals surface area (Å²) in [5, 5.41) is 2.25. The maximum Gasteiger partial charge on any atom is 0.361 e. The third-order valence-corrected chi connectivity index (χ3v) is 10.8. The molecule has 0 N–H and O–H groups in total. The molecule has 0 bridgehead atoms. The van der Waals surface area contributed by atoms with E-state index < -0.39 is 23.3 Å². The average molecular weight is 777 g/mol. The van der Waals surface area contributed by atoms with E-state index in [1.807, 2.05) is 109 Å². The monoisotopic (exact) mass is 776 g/mol. The van der Waals surface area contributed by atoms with Crippen molar-refractivity contribution in [2.24, 2.45) is 11.3 Å². The van der Waals surface area contributed by atoms with Crippen LogP contribution < -0.4 is 14.2 Å². The molecule has 0 aliphatic rings. The fraction of sp³-hybridized carbons (Fsp3) is 0.224. The highest BCUT2D eigenvalue weighted by molar-refractivity contribution is 6.08. The first kappa shape index (κ1) is 39.5. The van der Waals surface area contributed by atoms with E-state index in [2.05, 4.69) is 16.7 Å². The average Bonchev–Trinajstić information content (AvgIpc) is 3.59. The van der Waals surface area contributed by atoms with Gasteiger partial charge in [-0.25, -0.2) is 4.42 Å². The first-order chi connectivity index (χ1) is 28.1. The minimum absolute atomic E-state index is 0.0985. The number of para-hydroxylation sites is 2. The predicted molar refractivity (Wildman–Crippen MR) is 226 cm³/mol. The van der Waals surface area contributed by atoms with E-state index in [0.29, 0.717) is 23.8 Å². The summed E-state index contributed by atoms with van der Waals surface area (Å²) in [5.41, 5.74) is 4.19. The summed E-state index contributed by atoms with van der Waals surface area (Å²) < 4.78 is 30.7. The molecule has 9 nitrogen and oxygen atoms in total. The molecule has 9 heteroatoms. The van der Waals surface area contributed by atoms with Crippen molar-refractivity contribution in [2.45, 2.75) is 40.2 Å². The van der Waals surface area contributed by atoms with E-state index in [9.17, 15) is 14.4 Å². The molecule has 294 valence electrons. The van der Waals surface area contributed by atoms with Crippen molar-refractivity contribution >= 4 is 39.5 Å². The normalized spacial score (nSPS) is 12.8. The molecule has 2 aromatic heterocycles. The highest BCUT2D eigenvalue weighted by Crippen LogP contribution is 2.35. The van der Waals surface area contributed by atoms with Crippen LogP contribution in [0.25, 0.3) is 55.6 Å². The van der Waals surface area contributed by atoms with E-state index in [0.717, 1.165) is 55.6 Å². The Morgan fingerprint density at radius 3 is 1.64 bits per heavy atom. The van der Waals surface area contributed by atoms with Gasteiger partial charge in [-0.15, -0.1) is 0 Å². The second kappa shape index (κ2) is 17.2. The Balaban J connectivity index is 1.00. The second-order valence-corrected chi connectivity index (χ2v) is 14.5. The van der Waals surface area contributed by atoms with Gasteiger partial charge in [0.2, 0.25) is 0 Å². The van der Waals surface area contributed by atoms with Crippen molar-refractivity contribution in [3.8, 4) is 51.0 Å². The van der Waals surface area contributed by atoms with Crippen molar-refractivity contribution in [3.63, 3.8) is 0 Å².